The number of aliphatic carboxylic acids is 1. The largest absolute Gasteiger partial charge is 0.477 e. The number of methoxy groups -OCH3 is 1. The average molecular weight is 460 g/mol. The Kier molecular flexibility index (Phi) is 6.97. The van der Waals surface area contributed by atoms with E-state index >= 15 is 0 Å². The van der Waals surface area contributed by atoms with Crippen molar-refractivity contribution in [1.29, 1.82) is 0 Å². The van der Waals surface area contributed by atoms with Crippen LogP contribution in [0.25, 0.3) is 0 Å². The van der Waals surface area contributed by atoms with Gasteiger partial charge in [-0.15, -0.1) is 5.10 Å². The predicted molar refractivity (Wildman–Crippen MR) is 103 cm³/mol. The number of aliphatic hydroxyl groups excluding tert-OH is 1. The molecule has 3 heterocycles. The number of carboxylic acid groups (broad SMARTS) is 1. The van der Waals surface area contributed by atoms with Crippen molar-refractivity contribution >= 4 is 41.3 Å². The molecule has 0 spiro atoms. The molecule has 13 nitrogen and oxygen atoms in total. The highest BCUT2D eigenvalue weighted by Gasteiger charge is 2.67. The summed E-state index contributed by atoms with van der Waals surface area (Å²) in [6, 6.07) is 0. The monoisotopic (exact) mass is 460 g/mol. The van der Waals surface area contributed by atoms with E-state index in [1.54, 1.807) is 6.26 Å². The van der Waals surface area contributed by atoms with Gasteiger partial charge in [0.05, 0.1) is 25.5 Å². The highest BCUT2D eigenvalue weighted by molar-refractivity contribution is 7.99. The van der Waals surface area contributed by atoms with Crippen LogP contribution in [0.3, 0.4) is 0 Å². The quantitative estimate of drug-likeness (QED) is 0.202. The van der Waals surface area contributed by atoms with Crippen molar-refractivity contribution < 1.29 is 34.1 Å². The minimum Gasteiger partial charge on any atom is -0.477 e. The number of fused-ring (bicyclic) bond motifs is 1. The van der Waals surface area contributed by atoms with Crippen LogP contribution >= 0.6 is 23.5 Å². The standard InChI is InChI=1S/C15H20N6O7S2/c1-27-15(16-9(23)7-29-2)12(26)21-10(11(24)25)8(5-28-13(15)21)6-30-14-17-18-19-20(14)3-4-22/h13,22H,3-7H2,1-2H3,(H,16,23)(H,24,25)/t13-,15+/m1/s1. The number of β-lactam (4-membered cyclic amide) rings is 1. The van der Waals surface area contributed by atoms with Gasteiger partial charge < -0.3 is 25.0 Å². The van der Waals surface area contributed by atoms with E-state index in [2.05, 4.69) is 20.8 Å². The van der Waals surface area contributed by atoms with E-state index in [9.17, 15) is 19.5 Å². The Bertz CT molecular complexity index is 877. The lowest BCUT2D eigenvalue weighted by molar-refractivity contribution is -0.257. The number of carbonyl (C=O) groups excluding carboxylic acids is 2. The number of tetrazole rings is 1. The van der Waals surface area contributed by atoms with Gasteiger partial charge in [0, 0.05) is 12.9 Å². The number of amides is 2. The van der Waals surface area contributed by atoms with Gasteiger partial charge in [0.15, 0.2) is 6.23 Å². The summed E-state index contributed by atoms with van der Waals surface area (Å²) in [5, 5.41) is 32.8. The maximum absolute atomic E-state index is 12.9. The summed E-state index contributed by atoms with van der Waals surface area (Å²) in [5.74, 6) is -2.21. The average Bonchev–Trinajstić information content (AvgIpc) is 3.16. The number of carbonyl (C=O) groups is 3. The van der Waals surface area contributed by atoms with Crippen molar-refractivity contribution in [2.45, 2.75) is 23.7 Å². The molecule has 0 saturated carbocycles. The van der Waals surface area contributed by atoms with Crippen LogP contribution in [0, 0.1) is 0 Å². The Hall–Kier alpha value is -2.20. The second kappa shape index (κ2) is 9.30. The zero-order valence-electron chi connectivity index (χ0n) is 16.1. The van der Waals surface area contributed by atoms with Gasteiger partial charge >= 0.3 is 5.97 Å². The number of hydrogen-bond acceptors (Lipinski definition) is 11. The van der Waals surface area contributed by atoms with Crippen LogP contribution in [0.1, 0.15) is 0 Å². The molecule has 30 heavy (non-hydrogen) atoms. The van der Waals surface area contributed by atoms with Crippen molar-refractivity contribution in [3.05, 3.63) is 11.3 Å². The molecule has 0 radical (unpaired) electrons. The second-order valence-corrected chi connectivity index (χ2v) is 8.02. The molecule has 2 aliphatic rings. The molecule has 0 aliphatic carbocycles. The van der Waals surface area contributed by atoms with Crippen LogP contribution < -0.4 is 5.32 Å². The molecule has 1 saturated heterocycles. The van der Waals surface area contributed by atoms with E-state index in [4.69, 9.17) is 14.6 Å². The van der Waals surface area contributed by atoms with Crippen LogP contribution in [0.5, 0.6) is 0 Å². The Morgan fingerprint density at radius 2 is 2.23 bits per heavy atom. The lowest BCUT2D eigenvalue weighted by atomic mass is 9.94. The number of hydrogen-bond donors (Lipinski definition) is 3. The van der Waals surface area contributed by atoms with E-state index in [1.807, 2.05) is 0 Å². The van der Waals surface area contributed by atoms with Crippen molar-refractivity contribution in [3.63, 3.8) is 0 Å². The zero-order valence-corrected chi connectivity index (χ0v) is 17.7. The number of ether oxygens (including phenoxy) is 2. The topological polar surface area (TPSA) is 169 Å². The van der Waals surface area contributed by atoms with Crippen LogP contribution in [0.4, 0.5) is 0 Å². The molecule has 0 bridgehead atoms. The molecule has 2 amide bonds. The van der Waals surface area contributed by atoms with E-state index in [0.29, 0.717) is 10.7 Å². The number of rotatable bonds is 10. The summed E-state index contributed by atoms with van der Waals surface area (Å²) in [6.07, 6.45) is 0.636. The molecule has 0 unspecified atom stereocenters. The third-order valence-electron chi connectivity index (χ3n) is 4.42. The molecule has 3 N–H and O–H groups in total. The molecular formula is C15H20N6O7S2. The van der Waals surface area contributed by atoms with E-state index in [1.165, 1.54) is 23.6 Å². The van der Waals surface area contributed by atoms with Gasteiger partial charge in [0.1, 0.15) is 5.70 Å². The fraction of sp³-hybridized carbons (Fsp3) is 0.600. The van der Waals surface area contributed by atoms with Crippen LogP contribution in [0.15, 0.2) is 16.4 Å². The molecule has 2 atom stereocenters. The normalized spacial score (nSPS) is 23.2. The van der Waals surface area contributed by atoms with Crippen molar-refractivity contribution in [3.8, 4) is 0 Å². The van der Waals surface area contributed by atoms with Crippen molar-refractivity contribution in [2.24, 2.45) is 0 Å². The molecule has 2 aliphatic heterocycles. The smallest absolute Gasteiger partial charge is 0.352 e. The number of carboxylic acids is 1. The summed E-state index contributed by atoms with van der Waals surface area (Å²) >= 11 is 2.41. The van der Waals surface area contributed by atoms with Gasteiger partial charge in [0.2, 0.25) is 11.1 Å². The number of thioether (sulfide) groups is 2. The summed E-state index contributed by atoms with van der Waals surface area (Å²) in [6.45, 7) is -0.0558. The minimum atomic E-state index is -1.77. The zero-order chi connectivity index (χ0) is 21.9. The summed E-state index contributed by atoms with van der Waals surface area (Å²) < 4.78 is 12.3. The van der Waals surface area contributed by atoms with Crippen LogP contribution in [-0.2, 0) is 30.4 Å². The first kappa shape index (κ1) is 22.5. The lowest BCUT2D eigenvalue weighted by Gasteiger charge is -2.55. The van der Waals surface area contributed by atoms with E-state index < -0.39 is 29.7 Å². The number of nitrogens with zero attached hydrogens (tertiary/aromatic N) is 5. The summed E-state index contributed by atoms with van der Waals surface area (Å²) in [7, 11) is 1.24. The maximum Gasteiger partial charge on any atom is 0.352 e. The minimum absolute atomic E-state index is 0.0891. The Morgan fingerprint density at radius 1 is 1.47 bits per heavy atom. The number of aliphatic hydroxyl groups is 1. The molecule has 164 valence electrons. The van der Waals surface area contributed by atoms with Gasteiger partial charge in [-0.05, 0) is 22.3 Å². The Morgan fingerprint density at radius 3 is 2.87 bits per heavy atom. The van der Waals surface area contributed by atoms with Gasteiger partial charge in [-0.3, -0.25) is 14.5 Å². The third kappa shape index (κ3) is 3.90. The summed E-state index contributed by atoms with van der Waals surface area (Å²) in [4.78, 5) is 37.8. The number of aromatic nitrogens is 4. The fourth-order valence-electron chi connectivity index (χ4n) is 3.12. The Labute approximate surface area is 179 Å². The maximum atomic E-state index is 12.9. The lowest BCUT2D eigenvalue weighted by Crippen LogP contribution is -2.82. The van der Waals surface area contributed by atoms with E-state index in [-0.39, 0.29) is 37.0 Å². The molecular weight excluding hydrogens is 440 g/mol. The van der Waals surface area contributed by atoms with Gasteiger partial charge in [-0.25, -0.2) is 9.48 Å². The molecule has 1 aromatic heterocycles. The first-order valence-corrected chi connectivity index (χ1v) is 11.0. The highest BCUT2D eigenvalue weighted by Crippen LogP contribution is 2.41. The first-order chi connectivity index (χ1) is 14.4. The third-order valence-corrected chi connectivity index (χ3v) is 6.02. The molecule has 1 aromatic rings. The van der Waals surface area contributed by atoms with Gasteiger partial charge in [0.25, 0.3) is 11.6 Å². The molecule has 0 aromatic carbocycles. The van der Waals surface area contributed by atoms with Gasteiger partial charge in [-0.2, -0.15) is 11.8 Å². The van der Waals surface area contributed by atoms with E-state index in [0.717, 1.165) is 16.7 Å². The number of nitrogens with one attached hydrogen (secondary N) is 1. The molecule has 3 rings (SSSR count). The van der Waals surface area contributed by atoms with Crippen LogP contribution in [-0.4, -0.2) is 103 Å². The second-order valence-electron chi connectivity index (χ2n) is 6.21. The summed E-state index contributed by atoms with van der Waals surface area (Å²) in [5.41, 5.74) is -1.65. The Balaban J connectivity index is 1.81. The molecule has 1 fully saturated rings. The first-order valence-electron chi connectivity index (χ1n) is 8.65. The fourth-order valence-corrected chi connectivity index (χ4v) is 4.34. The SMILES string of the molecule is CO[C@@]1(NC(=O)CSC)C(=O)N2C(C(=O)O)=C(CSc3nnnn3CCO)CO[C@@H]21. The predicted octanol–water partition coefficient (Wildman–Crippen LogP) is -1.88. The highest BCUT2D eigenvalue weighted by atomic mass is 32.2. The van der Waals surface area contributed by atoms with Crippen LogP contribution in [0.2, 0.25) is 0 Å². The molecule has 15 heteroatoms. The van der Waals surface area contributed by atoms with Crippen molar-refractivity contribution in [1.82, 2.24) is 30.4 Å². The van der Waals surface area contributed by atoms with Gasteiger partial charge in [-0.1, -0.05) is 11.8 Å². The van der Waals surface area contributed by atoms with Crippen molar-refractivity contribution in [2.75, 3.05) is 38.1 Å².